The van der Waals surface area contributed by atoms with Crippen LogP contribution in [0.2, 0.25) is 0 Å². The van der Waals surface area contributed by atoms with E-state index in [9.17, 15) is 0 Å². The lowest BCUT2D eigenvalue weighted by atomic mass is 10.2. The average molecular weight is 301 g/mol. The fraction of sp³-hybridized carbons (Fsp3) is 0.375. The van der Waals surface area contributed by atoms with E-state index in [1.165, 1.54) is 6.33 Å². The number of nitrogens with two attached hydrogens (primary N) is 1. The topological polar surface area (TPSA) is 85.1 Å². The van der Waals surface area contributed by atoms with Gasteiger partial charge in [-0.05, 0) is 32.4 Å². The van der Waals surface area contributed by atoms with E-state index >= 15 is 0 Å². The highest BCUT2D eigenvalue weighted by molar-refractivity contribution is 5.79. The molecular formula is C16H23N5O. The van der Waals surface area contributed by atoms with Crippen molar-refractivity contribution in [3.63, 3.8) is 0 Å². The average Bonchev–Trinajstić information content (AvgIpc) is 2.53. The molecule has 118 valence electrons. The molecule has 2 aromatic rings. The molecule has 6 nitrogen and oxygen atoms in total. The summed E-state index contributed by atoms with van der Waals surface area (Å²) < 4.78 is 5.60. The van der Waals surface area contributed by atoms with Gasteiger partial charge in [-0.2, -0.15) is 0 Å². The Morgan fingerprint density at radius 1 is 1.18 bits per heavy atom. The van der Waals surface area contributed by atoms with Gasteiger partial charge in [-0.15, -0.1) is 0 Å². The third-order valence-electron chi connectivity index (χ3n) is 3.32. The standard InChI is InChI=1S/C16H23N5O/c1-4-11(3)20-15-14(17)16(19-10-18-15)21-12-8-6-7-9-13(12)22-5-2/h6-11H,4-5,17H2,1-3H3,(H2,18,19,20,21). The SMILES string of the molecule is CCOc1ccccc1Nc1ncnc(NC(C)CC)c1N. The lowest BCUT2D eigenvalue weighted by molar-refractivity contribution is 0.342. The quantitative estimate of drug-likeness (QED) is 0.726. The number of nitrogen functional groups attached to an aromatic ring is 1. The van der Waals surface area contributed by atoms with Crippen LogP contribution in [0.3, 0.4) is 0 Å². The molecule has 1 atom stereocenters. The molecule has 0 saturated heterocycles. The van der Waals surface area contributed by atoms with Gasteiger partial charge in [0.1, 0.15) is 17.8 Å². The zero-order valence-corrected chi connectivity index (χ0v) is 13.3. The Balaban J connectivity index is 2.25. The molecule has 1 aromatic carbocycles. The first kappa shape index (κ1) is 15.9. The second-order valence-corrected chi connectivity index (χ2v) is 4.99. The fourth-order valence-corrected chi connectivity index (χ4v) is 1.92. The Hall–Kier alpha value is -2.50. The molecule has 0 amide bonds. The molecule has 0 aliphatic heterocycles. The number of hydrogen-bond donors (Lipinski definition) is 3. The molecule has 0 bridgehead atoms. The molecule has 1 heterocycles. The van der Waals surface area contributed by atoms with Crippen molar-refractivity contribution in [1.29, 1.82) is 0 Å². The predicted octanol–water partition coefficient (Wildman–Crippen LogP) is 3.41. The monoisotopic (exact) mass is 301 g/mol. The number of para-hydroxylation sites is 2. The summed E-state index contributed by atoms with van der Waals surface area (Å²) in [6.45, 7) is 6.73. The van der Waals surface area contributed by atoms with E-state index in [1.54, 1.807) is 0 Å². The van der Waals surface area contributed by atoms with Crippen LogP contribution in [-0.2, 0) is 0 Å². The van der Waals surface area contributed by atoms with Gasteiger partial charge in [-0.3, -0.25) is 0 Å². The molecule has 1 aromatic heterocycles. The number of nitrogens with zero attached hydrogens (tertiary/aromatic N) is 2. The molecule has 4 N–H and O–H groups in total. The summed E-state index contributed by atoms with van der Waals surface area (Å²) in [6.07, 6.45) is 2.48. The van der Waals surface area contributed by atoms with E-state index in [0.29, 0.717) is 30.0 Å². The summed E-state index contributed by atoms with van der Waals surface area (Å²) in [5, 5.41) is 6.49. The molecule has 2 rings (SSSR count). The first-order valence-electron chi connectivity index (χ1n) is 7.51. The molecule has 0 aliphatic rings. The van der Waals surface area contributed by atoms with Gasteiger partial charge in [-0.1, -0.05) is 19.1 Å². The smallest absolute Gasteiger partial charge is 0.159 e. The van der Waals surface area contributed by atoms with Crippen LogP contribution in [0.4, 0.5) is 23.0 Å². The number of rotatable bonds is 7. The first-order valence-corrected chi connectivity index (χ1v) is 7.51. The van der Waals surface area contributed by atoms with Gasteiger partial charge < -0.3 is 21.1 Å². The Kier molecular flexibility index (Phi) is 5.41. The van der Waals surface area contributed by atoms with Crippen LogP contribution < -0.4 is 21.1 Å². The Morgan fingerprint density at radius 3 is 2.64 bits per heavy atom. The fourth-order valence-electron chi connectivity index (χ4n) is 1.92. The first-order chi connectivity index (χ1) is 10.7. The molecule has 0 aliphatic carbocycles. The highest BCUT2D eigenvalue weighted by atomic mass is 16.5. The lowest BCUT2D eigenvalue weighted by Gasteiger charge is -2.17. The number of hydrogen-bond acceptors (Lipinski definition) is 6. The van der Waals surface area contributed by atoms with Gasteiger partial charge in [0.05, 0.1) is 12.3 Å². The van der Waals surface area contributed by atoms with Crippen molar-refractivity contribution in [3.05, 3.63) is 30.6 Å². The number of ether oxygens (including phenoxy) is 1. The predicted molar refractivity (Wildman–Crippen MR) is 90.7 cm³/mol. The van der Waals surface area contributed by atoms with Crippen molar-refractivity contribution < 1.29 is 4.74 Å². The minimum Gasteiger partial charge on any atom is -0.492 e. The summed E-state index contributed by atoms with van der Waals surface area (Å²) >= 11 is 0. The molecule has 22 heavy (non-hydrogen) atoms. The maximum Gasteiger partial charge on any atom is 0.159 e. The largest absolute Gasteiger partial charge is 0.492 e. The number of anilines is 4. The van der Waals surface area contributed by atoms with Crippen molar-refractivity contribution in [2.45, 2.75) is 33.2 Å². The van der Waals surface area contributed by atoms with E-state index in [-0.39, 0.29) is 0 Å². The van der Waals surface area contributed by atoms with Crippen LogP contribution >= 0.6 is 0 Å². The van der Waals surface area contributed by atoms with Crippen molar-refractivity contribution >= 4 is 23.0 Å². The van der Waals surface area contributed by atoms with E-state index in [0.717, 1.165) is 17.9 Å². The van der Waals surface area contributed by atoms with Crippen molar-refractivity contribution in [3.8, 4) is 5.75 Å². The summed E-state index contributed by atoms with van der Waals surface area (Å²) in [5.41, 5.74) is 7.49. The zero-order chi connectivity index (χ0) is 15.9. The molecule has 0 radical (unpaired) electrons. The third kappa shape index (κ3) is 3.78. The van der Waals surface area contributed by atoms with Crippen LogP contribution in [0.1, 0.15) is 27.2 Å². The normalized spacial score (nSPS) is 11.8. The summed E-state index contributed by atoms with van der Waals surface area (Å²) in [7, 11) is 0. The molecule has 0 spiro atoms. The second-order valence-electron chi connectivity index (χ2n) is 4.99. The van der Waals surface area contributed by atoms with Crippen LogP contribution in [0.25, 0.3) is 0 Å². The van der Waals surface area contributed by atoms with Crippen molar-refractivity contribution in [1.82, 2.24) is 9.97 Å². The number of benzene rings is 1. The summed E-state index contributed by atoms with van der Waals surface area (Å²) in [6, 6.07) is 7.98. The third-order valence-corrected chi connectivity index (χ3v) is 3.32. The maximum atomic E-state index is 6.17. The van der Waals surface area contributed by atoms with Gasteiger partial charge in [0, 0.05) is 6.04 Å². The molecule has 0 saturated carbocycles. The van der Waals surface area contributed by atoms with Crippen molar-refractivity contribution in [2.24, 2.45) is 0 Å². The molecule has 1 unspecified atom stereocenters. The Labute approximate surface area is 131 Å². The number of nitrogens with one attached hydrogen (secondary N) is 2. The van der Waals surface area contributed by atoms with Crippen molar-refractivity contribution in [2.75, 3.05) is 23.0 Å². The minimum absolute atomic E-state index is 0.292. The van der Waals surface area contributed by atoms with Gasteiger partial charge >= 0.3 is 0 Å². The summed E-state index contributed by atoms with van der Waals surface area (Å²) in [4.78, 5) is 8.43. The molecule has 6 heteroatoms. The Bertz CT molecular complexity index is 617. The van der Waals surface area contributed by atoms with E-state index in [2.05, 4.69) is 34.4 Å². The van der Waals surface area contributed by atoms with E-state index in [4.69, 9.17) is 10.5 Å². The highest BCUT2D eigenvalue weighted by Gasteiger charge is 2.11. The van der Waals surface area contributed by atoms with Crippen LogP contribution in [0.15, 0.2) is 30.6 Å². The lowest BCUT2D eigenvalue weighted by Crippen LogP contribution is -2.16. The maximum absolute atomic E-state index is 6.17. The summed E-state index contributed by atoms with van der Waals surface area (Å²) in [5.74, 6) is 1.97. The van der Waals surface area contributed by atoms with Gasteiger partial charge in [0.15, 0.2) is 11.6 Å². The Morgan fingerprint density at radius 2 is 1.91 bits per heavy atom. The van der Waals surface area contributed by atoms with E-state index in [1.807, 2.05) is 31.2 Å². The zero-order valence-electron chi connectivity index (χ0n) is 13.3. The highest BCUT2D eigenvalue weighted by Crippen LogP contribution is 2.31. The second kappa shape index (κ2) is 7.49. The minimum atomic E-state index is 0.292. The van der Waals surface area contributed by atoms with Gasteiger partial charge in [-0.25, -0.2) is 9.97 Å². The van der Waals surface area contributed by atoms with Gasteiger partial charge in [0.25, 0.3) is 0 Å². The van der Waals surface area contributed by atoms with Crippen LogP contribution in [0.5, 0.6) is 5.75 Å². The van der Waals surface area contributed by atoms with Gasteiger partial charge in [0.2, 0.25) is 0 Å². The van der Waals surface area contributed by atoms with E-state index < -0.39 is 0 Å². The number of aromatic nitrogens is 2. The van der Waals surface area contributed by atoms with Crippen LogP contribution in [-0.4, -0.2) is 22.6 Å². The molecule has 0 fully saturated rings. The van der Waals surface area contributed by atoms with Crippen LogP contribution in [0, 0.1) is 0 Å². The molecular weight excluding hydrogens is 278 g/mol.